The average molecular weight is 339 g/mol. The van der Waals surface area contributed by atoms with Gasteiger partial charge in [-0.25, -0.2) is 4.79 Å². The Morgan fingerprint density at radius 2 is 1.77 bits per heavy atom. The van der Waals surface area contributed by atoms with Crippen LogP contribution >= 0.6 is 23.2 Å². The van der Waals surface area contributed by atoms with Gasteiger partial charge in [-0.2, -0.15) is 0 Å². The molecule has 0 saturated carbocycles. The molecule has 0 fully saturated rings. The number of rotatable bonds is 4. The SMILES string of the molecule is Nc1ccc(C(=O)OCC(=O)Nc2cc(Cl)ccc2Cl)cc1. The van der Waals surface area contributed by atoms with Crippen molar-refractivity contribution in [3.63, 3.8) is 0 Å². The molecule has 0 heterocycles. The lowest BCUT2D eigenvalue weighted by Gasteiger charge is -2.08. The quantitative estimate of drug-likeness (QED) is 0.661. The van der Waals surface area contributed by atoms with Gasteiger partial charge in [-0.1, -0.05) is 23.2 Å². The van der Waals surface area contributed by atoms with Gasteiger partial charge in [-0.05, 0) is 42.5 Å². The summed E-state index contributed by atoms with van der Waals surface area (Å²) in [5, 5.41) is 3.28. The van der Waals surface area contributed by atoms with E-state index in [-0.39, 0.29) is 0 Å². The summed E-state index contributed by atoms with van der Waals surface area (Å²) in [5.74, 6) is -1.14. The van der Waals surface area contributed by atoms with Gasteiger partial charge in [0, 0.05) is 10.7 Å². The number of nitrogen functional groups attached to an aromatic ring is 1. The first kappa shape index (κ1) is 16.1. The maximum atomic E-state index is 11.8. The minimum Gasteiger partial charge on any atom is -0.452 e. The van der Waals surface area contributed by atoms with Crippen molar-refractivity contribution in [1.82, 2.24) is 0 Å². The minimum absolute atomic E-state index is 0.308. The second-order valence-corrected chi connectivity index (χ2v) is 5.21. The Bertz CT molecular complexity index is 702. The number of amides is 1. The molecular formula is C15H12Cl2N2O3. The number of anilines is 2. The predicted octanol–water partition coefficient (Wildman–Crippen LogP) is 3.37. The van der Waals surface area contributed by atoms with Crippen LogP contribution in [0.4, 0.5) is 11.4 Å². The summed E-state index contributed by atoms with van der Waals surface area (Å²) in [7, 11) is 0. The van der Waals surface area contributed by atoms with Crippen LogP contribution in [0.3, 0.4) is 0 Å². The second-order valence-electron chi connectivity index (χ2n) is 4.37. The monoisotopic (exact) mass is 338 g/mol. The average Bonchev–Trinajstić information content (AvgIpc) is 2.49. The standard InChI is InChI=1S/C15H12Cl2N2O3/c16-10-3-6-12(17)13(7-10)19-14(20)8-22-15(21)9-1-4-11(18)5-2-9/h1-7H,8,18H2,(H,19,20). The number of esters is 1. The van der Waals surface area contributed by atoms with Crippen molar-refractivity contribution in [2.45, 2.75) is 0 Å². The van der Waals surface area contributed by atoms with E-state index in [4.69, 9.17) is 33.7 Å². The first-order valence-electron chi connectivity index (χ1n) is 6.23. The van der Waals surface area contributed by atoms with Crippen LogP contribution < -0.4 is 11.1 Å². The summed E-state index contributed by atoms with van der Waals surface area (Å²) >= 11 is 11.7. The summed E-state index contributed by atoms with van der Waals surface area (Å²) in [6.07, 6.45) is 0. The van der Waals surface area contributed by atoms with Crippen LogP contribution in [0.1, 0.15) is 10.4 Å². The number of ether oxygens (including phenoxy) is 1. The molecule has 2 aromatic rings. The molecule has 0 bridgehead atoms. The van der Waals surface area contributed by atoms with Gasteiger partial charge in [-0.15, -0.1) is 0 Å². The second kappa shape index (κ2) is 7.15. The summed E-state index contributed by atoms with van der Waals surface area (Å²) in [6, 6.07) is 10.8. The Labute approximate surface area is 137 Å². The highest BCUT2D eigenvalue weighted by Gasteiger charge is 2.11. The molecule has 0 unspecified atom stereocenters. The number of nitrogens with two attached hydrogens (primary N) is 1. The molecule has 22 heavy (non-hydrogen) atoms. The van der Waals surface area contributed by atoms with Crippen molar-refractivity contribution >= 4 is 46.5 Å². The van der Waals surface area contributed by atoms with Crippen molar-refractivity contribution < 1.29 is 14.3 Å². The molecular weight excluding hydrogens is 327 g/mol. The number of nitrogens with one attached hydrogen (secondary N) is 1. The zero-order chi connectivity index (χ0) is 16.1. The number of carbonyl (C=O) groups excluding carboxylic acids is 2. The Balaban J connectivity index is 1.91. The summed E-state index contributed by atoms with van der Waals surface area (Å²) < 4.78 is 4.90. The van der Waals surface area contributed by atoms with E-state index in [1.165, 1.54) is 18.2 Å². The fourth-order valence-corrected chi connectivity index (χ4v) is 1.95. The number of carbonyl (C=O) groups is 2. The van der Waals surface area contributed by atoms with Crippen LogP contribution in [0.5, 0.6) is 0 Å². The molecule has 0 aromatic heterocycles. The normalized spacial score (nSPS) is 10.1. The van der Waals surface area contributed by atoms with Gasteiger partial charge < -0.3 is 15.8 Å². The van der Waals surface area contributed by atoms with Crippen LogP contribution in [-0.2, 0) is 9.53 Å². The van der Waals surface area contributed by atoms with E-state index in [2.05, 4.69) is 5.32 Å². The van der Waals surface area contributed by atoms with Gasteiger partial charge in [0.1, 0.15) is 0 Å². The molecule has 3 N–H and O–H groups in total. The van der Waals surface area contributed by atoms with Gasteiger partial charge in [0.15, 0.2) is 6.61 Å². The number of halogens is 2. The van der Waals surface area contributed by atoms with E-state index in [9.17, 15) is 9.59 Å². The highest BCUT2D eigenvalue weighted by Crippen LogP contribution is 2.25. The van der Waals surface area contributed by atoms with E-state index in [1.54, 1.807) is 24.3 Å². The third kappa shape index (κ3) is 4.38. The summed E-state index contributed by atoms with van der Waals surface area (Å²) in [4.78, 5) is 23.5. The third-order valence-electron chi connectivity index (χ3n) is 2.68. The van der Waals surface area contributed by atoms with Crippen LogP contribution in [0.25, 0.3) is 0 Å². The molecule has 0 spiro atoms. The Hall–Kier alpha value is -2.24. The molecule has 1 amide bonds. The van der Waals surface area contributed by atoms with Crippen LogP contribution in [0.15, 0.2) is 42.5 Å². The van der Waals surface area contributed by atoms with Gasteiger partial charge in [0.05, 0.1) is 16.3 Å². The smallest absolute Gasteiger partial charge is 0.338 e. The largest absolute Gasteiger partial charge is 0.452 e. The van der Waals surface area contributed by atoms with Crippen molar-refractivity contribution in [1.29, 1.82) is 0 Å². The van der Waals surface area contributed by atoms with E-state index in [0.29, 0.717) is 27.0 Å². The molecule has 2 rings (SSSR count). The summed E-state index contributed by atoms with van der Waals surface area (Å²) in [5.41, 5.74) is 6.71. The lowest BCUT2D eigenvalue weighted by molar-refractivity contribution is -0.119. The fraction of sp³-hybridized carbons (Fsp3) is 0.0667. The van der Waals surface area contributed by atoms with Gasteiger partial charge in [0.2, 0.25) is 0 Å². The highest BCUT2D eigenvalue weighted by atomic mass is 35.5. The third-order valence-corrected chi connectivity index (χ3v) is 3.25. The number of hydrogen-bond acceptors (Lipinski definition) is 4. The predicted molar refractivity (Wildman–Crippen MR) is 86.2 cm³/mol. The van der Waals surface area contributed by atoms with Crippen LogP contribution in [-0.4, -0.2) is 18.5 Å². The highest BCUT2D eigenvalue weighted by molar-refractivity contribution is 6.35. The molecule has 0 aliphatic rings. The molecule has 7 heteroatoms. The van der Waals surface area contributed by atoms with Crippen molar-refractivity contribution in [3.05, 3.63) is 58.1 Å². The number of hydrogen-bond donors (Lipinski definition) is 2. The summed E-state index contributed by atoms with van der Waals surface area (Å²) in [6.45, 7) is -0.438. The van der Waals surface area contributed by atoms with Gasteiger partial charge >= 0.3 is 5.97 Å². The maximum absolute atomic E-state index is 11.8. The zero-order valence-corrected chi connectivity index (χ0v) is 12.8. The fourth-order valence-electron chi connectivity index (χ4n) is 1.61. The zero-order valence-electron chi connectivity index (χ0n) is 11.3. The van der Waals surface area contributed by atoms with E-state index >= 15 is 0 Å². The molecule has 0 aliphatic heterocycles. The first-order valence-corrected chi connectivity index (χ1v) is 6.99. The molecule has 2 aromatic carbocycles. The molecule has 5 nitrogen and oxygen atoms in total. The van der Waals surface area contributed by atoms with E-state index < -0.39 is 18.5 Å². The maximum Gasteiger partial charge on any atom is 0.338 e. The first-order chi connectivity index (χ1) is 10.5. The molecule has 0 saturated heterocycles. The molecule has 0 atom stereocenters. The lowest BCUT2D eigenvalue weighted by atomic mass is 10.2. The van der Waals surface area contributed by atoms with E-state index in [0.717, 1.165) is 0 Å². The minimum atomic E-state index is -0.618. The molecule has 0 radical (unpaired) electrons. The lowest BCUT2D eigenvalue weighted by Crippen LogP contribution is -2.21. The van der Waals surface area contributed by atoms with Gasteiger partial charge in [-0.3, -0.25) is 4.79 Å². The van der Waals surface area contributed by atoms with Crippen LogP contribution in [0, 0.1) is 0 Å². The molecule has 114 valence electrons. The Morgan fingerprint density at radius 3 is 2.45 bits per heavy atom. The van der Waals surface area contributed by atoms with Crippen molar-refractivity contribution in [3.8, 4) is 0 Å². The van der Waals surface area contributed by atoms with Crippen LogP contribution in [0.2, 0.25) is 10.0 Å². The number of benzene rings is 2. The Kier molecular flexibility index (Phi) is 5.25. The Morgan fingerprint density at radius 1 is 1.09 bits per heavy atom. The molecule has 0 aliphatic carbocycles. The van der Waals surface area contributed by atoms with E-state index in [1.807, 2.05) is 0 Å². The van der Waals surface area contributed by atoms with Crippen molar-refractivity contribution in [2.24, 2.45) is 0 Å². The van der Waals surface area contributed by atoms with Crippen molar-refractivity contribution in [2.75, 3.05) is 17.7 Å². The topological polar surface area (TPSA) is 81.4 Å². The van der Waals surface area contributed by atoms with Gasteiger partial charge in [0.25, 0.3) is 5.91 Å².